The van der Waals surface area contributed by atoms with Crippen molar-refractivity contribution in [2.75, 3.05) is 25.0 Å². The van der Waals surface area contributed by atoms with E-state index in [2.05, 4.69) is 21.1 Å². The molecule has 2 aromatic heterocycles. The molecule has 2 fully saturated rings. The first kappa shape index (κ1) is 28.6. The molecular formula is C28H35N7O5S. The molecule has 1 saturated heterocycles. The van der Waals surface area contributed by atoms with Gasteiger partial charge >= 0.3 is 6.09 Å². The van der Waals surface area contributed by atoms with E-state index in [1.807, 2.05) is 20.8 Å². The minimum absolute atomic E-state index is 0.137. The van der Waals surface area contributed by atoms with E-state index in [0.29, 0.717) is 55.0 Å². The lowest BCUT2D eigenvalue weighted by Crippen LogP contribution is -2.49. The number of pyridine rings is 1. The molecule has 1 amide bonds. The topological polar surface area (TPSA) is 162 Å². The summed E-state index contributed by atoms with van der Waals surface area (Å²) in [5.74, 6) is 0.706. The highest BCUT2D eigenvalue weighted by Gasteiger charge is 2.41. The summed E-state index contributed by atoms with van der Waals surface area (Å²) >= 11 is 0. The molecule has 218 valence electrons. The molecule has 3 aromatic rings. The molecule has 1 aliphatic heterocycles. The average Bonchev–Trinajstić information content (AvgIpc) is 3.68. The molecule has 1 aromatic carbocycles. The maximum Gasteiger partial charge on any atom is 0.410 e. The summed E-state index contributed by atoms with van der Waals surface area (Å²) in [5.41, 5.74) is -0.605. The Hall–Kier alpha value is -3.89. The third kappa shape index (κ3) is 6.23. The number of piperidine rings is 1. The number of anilines is 2. The van der Waals surface area contributed by atoms with E-state index in [-0.39, 0.29) is 22.7 Å². The van der Waals surface area contributed by atoms with Gasteiger partial charge in [-0.3, -0.25) is 9.48 Å². The van der Waals surface area contributed by atoms with Crippen molar-refractivity contribution in [1.82, 2.24) is 24.4 Å². The monoisotopic (exact) mass is 581 g/mol. The number of hydrogen-bond donors (Lipinski definition) is 3. The summed E-state index contributed by atoms with van der Waals surface area (Å²) in [4.78, 5) is 30.1. The summed E-state index contributed by atoms with van der Waals surface area (Å²) < 4.78 is 35.1. The molecule has 0 radical (unpaired) electrons. The van der Waals surface area contributed by atoms with Crippen LogP contribution in [0.25, 0.3) is 10.9 Å². The molecule has 0 bridgehead atoms. The smallest absolute Gasteiger partial charge is 0.410 e. The highest BCUT2D eigenvalue weighted by molar-refractivity contribution is 7.89. The van der Waals surface area contributed by atoms with Crippen molar-refractivity contribution < 1.29 is 17.9 Å². The van der Waals surface area contributed by atoms with Crippen LogP contribution in [-0.4, -0.2) is 59.4 Å². The fourth-order valence-electron chi connectivity index (χ4n) is 5.06. The molecule has 3 heterocycles. The van der Waals surface area contributed by atoms with Crippen LogP contribution < -0.4 is 15.6 Å². The first-order valence-corrected chi connectivity index (χ1v) is 15.2. The van der Waals surface area contributed by atoms with Gasteiger partial charge in [0.15, 0.2) is 5.82 Å². The lowest BCUT2D eigenvalue weighted by atomic mass is 9.85. The molecule has 13 heteroatoms. The van der Waals surface area contributed by atoms with Gasteiger partial charge in [0.05, 0.1) is 28.4 Å². The second kappa shape index (κ2) is 10.8. The largest absolute Gasteiger partial charge is 0.444 e. The number of aromatic nitrogens is 3. The van der Waals surface area contributed by atoms with E-state index < -0.39 is 27.3 Å². The van der Waals surface area contributed by atoms with E-state index in [1.54, 1.807) is 27.8 Å². The average molecular weight is 582 g/mol. The van der Waals surface area contributed by atoms with E-state index in [0.717, 1.165) is 12.8 Å². The number of nitriles is 1. The number of amides is 1. The van der Waals surface area contributed by atoms with Crippen LogP contribution >= 0.6 is 0 Å². The number of carbonyl (C=O) groups excluding carboxylic acids is 1. The number of nitrogens with zero attached hydrogens (tertiary/aromatic N) is 4. The number of nitrogens with one attached hydrogen (secondary N) is 3. The number of aromatic amines is 1. The normalized spacial score (nSPS) is 17.3. The molecule has 2 aliphatic rings. The predicted molar refractivity (Wildman–Crippen MR) is 153 cm³/mol. The lowest BCUT2D eigenvalue weighted by molar-refractivity contribution is 0.0110. The van der Waals surface area contributed by atoms with Crippen molar-refractivity contribution in [2.24, 2.45) is 5.92 Å². The van der Waals surface area contributed by atoms with Crippen molar-refractivity contribution in [3.05, 3.63) is 46.9 Å². The standard InChI is InChI=1S/C28H35N7O5S/c1-27(2,3)40-26(37)34-16-12-28(11-14-29,13-17-34)35-22-10-15-30-25(36)23(22)24(33-35)32-20-6-8-21(9-7-20)41(38,39)31-18-19-4-5-19/h6-10,15,19,31H,4-5,11-13,16-18H2,1-3H3,(H,30,36)(H,32,33). The van der Waals surface area contributed by atoms with Crippen molar-refractivity contribution in [1.29, 1.82) is 5.26 Å². The third-order valence-corrected chi connectivity index (χ3v) is 8.93. The Labute approximate surface area is 238 Å². The minimum Gasteiger partial charge on any atom is -0.444 e. The zero-order chi connectivity index (χ0) is 29.4. The maximum atomic E-state index is 13.0. The van der Waals surface area contributed by atoms with Crippen LogP contribution in [0.1, 0.15) is 52.9 Å². The Balaban J connectivity index is 1.42. The zero-order valence-corrected chi connectivity index (χ0v) is 24.3. The number of carbonyl (C=O) groups is 1. The molecule has 0 unspecified atom stereocenters. The quantitative estimate of drug-likeness (QED) is 0.362. The number of rotatable bonds is 8. The van der Waals surface area contributed by atoms with E-state index >= 15 is 0 Å². The van der Waals surface area contributed by atoms with E-state index in [9.17, 15) is 23.3 Å². The third-order valence-electron chi connectivity index (χ3n) is 7.49. The van der Waals surface area contributed by atoms with Gasteiger partial charge in [0.25, 0.3) is 5.56 Å². The summed E-state index contributed by atoms with van der Waals surface area (Å²) in [7, 11) is -3.61. The molecule has 12 nitrogen and oxygen atoms in total. The van der Waals surface area contributed by atoms with Crippen LogP contribution in [0, 0.1) is 17.2 Å². The molecule has 0 atom stereocenters. The van der Waals surface area contributed by atoms with Gasteiger partial charge in [-0.05, 0) is 82.7 Å². The number of H-pyrrole nitrogens is 1. The first-order chi connectivity index (χ1) is 19.4. The minimum atomic E-state index is -3.61. The number of hydrogen-bond acceptors (Lipinski definition) is 8. The SMILES string of the molecule is CC(C)(C)OC(=O)N1CCC(CC#N)(n2nc(Nc3ccc(S(=O)(=O)NCC4CC4)cc3)c3c(=O)[nH]ccc32)CC1. The van der Waals surface area contributed by atoms with Crippen molar-refractivity contribution in [3.63, 3.8) is 0 Å². The van der Waals surface area contributed by atoms with Crippen molar-refractivity contribution in [2.45, 2.75) is 68.9 Å². The lowest BCUT2D eigenvalue weighted by Gasteiger charge is -2.41. The van der Waals surface area contributed by atoms with Gasteiger partial charge in [-0.25, -0.2) is 17.9 Å². The number of sulfonamides is 1. The number of fused-ring (bicyclic) bond motifs is 1. The zero-order valence-electron chi connectivity index (χ0n) is 23.4. The van der Waals surface area contributed by atoms with E-state index in [4.69, 9.17) is 9.84 Å². The van der Waals surface area contributed by atoms with Gasteiger partial charge in [-0.15, -0.1) is 0 Å². The van der Waals surface area contributed by atoms with Crippen LogP contribution in [0.3, 0.4) is 0 Å². The molecule has 1 saturated carbocycles. The fraction of sp³-hybridized carbons (Fsp3) is 0.500. The number of likely N-dealkylation sites (tertiary alicyclic amines) is 1. The first-order valence-electron chi connectivity index (χ1n) is 13.7. The van der Waals surface area contributed by atoms with E-state index in [1.165, 1.54) is 18.3 Å². The molecule has 3 N–H and O–H groups in total. The van der Waals surface area contributed by atoms with Gasteiger partial charge < -0.3 is 19.9 Å². The summed E-state index contributed by atoms with van der Waals surface area (Å²) in [5, 5.41) is 18.0. The van der Waals surface area contributed by atoms with Crippen molar-refractivity contribution in [3.8, 4) is 6.07 Å². The van der Waals surface area contributed by atoms with Crippen LogP contribution in [0.15, 0.2) is 46.2 Å². The summed E-state index contributed by atoms with van der Waals surface area (Å²) in [6.45, 7) is 6.62. The van der Waals surface area contributed by atoms with Crippen LogP contribution in [0.5, 0.6) is 0 Å². The van der Waals surface area contributed by atoms with Crippen LogP contribution in [0.4, 0.5) is 16.3 Å². The van der Waals surface area contributed by atoms with Gasteiger partial charge in [0, 0.05) is 31.5 Å². The summed E-state index contributed by atoms with van der Waals surface area (Å²) in [6.07, 6.45) is 4.26. The molecule has 1 aliphatic carbocycles. The molecule has 5 rings (SSSR count). The molecule has 41 heavy (non-hydrogen) atoms. The molecular weight excluding hydrogens is 546 g/mol. The van der Waals surface area contributed by atoms with Gasteiger partial charge in [0.2, 0.25) is 10.0 Å². The Morgan fingerprint density at radius 2 is 1.88 bits per heavy atom. The van der Waals surface area contributed by atoms with Crippen molar-refractivity contribution >= 4 is 38.5 Å². The second-order valence-corrected chi connectivity index (χ2v) is 13.6. The van der Waals surface area contributed by atoms with Gasteiger partial charge in [0.1, 0.15) is 11.0 Å². The highest BCUT2D eigenvalue weighted by atomic mass is 32.2. The number of benzene rings is 1. The second-order valence-electron chi connectivity index (χ2n) is 11.8. The maximum absolute atomic E-state index is 13.0. The Kier molecular flexibility index (Phi) is 7.56. The number of ether oxygens (including phenoxy) is 1. The Morgan fingerprint density at radius 1 is 1.20 bits per heavy atom. The van der Waals surface area contributed by atoms with Crippen LogP contribution in [0.2, 0.25) is 0 Å². The van der Waals surface area contributed by atoms with Gasteiger partial charge in [-0.1, -0.05) is 0 Å². The predicted octanol–water partition coefficient (Wildman–Crippen LogP) is 3.80. The molecule has 0 spiro atoms. The Bertz CT molecular complexity index is 1640. The highest BCUT2D eigenvalue weighted by Crippen LogP contribution is 2.38. The van der Waals surface area contributed by atoms with Gasteiger partial charge in [-0.2, -0.15) is 10.4 Å². The van der Waals surface area contributed by atoms with Crippen LogP contribution in [-0.2, 0) is 20.3 Å². The fourth-order valence-corrected chi connectivity index (χ4v) is 6.17. The summed E-state index contributed by atoms with van der Waals surface area (Å²) in [6, 6.07) is 10.3. The Morgan fingerprint density at radius 3 is 2.49 bits per heavy atom.